The van der Waals surface area contributed by atoms with Gasteiger partial charge in [0.1, 0.15) is 0 Å². The molecule has 1 aromatic carbocycles. The van der Waals surface area contributed by atoms with Crippen LogP contribution in [0.15, 0.2) is 28.7 Å². The third kappa shape index (κ3) is 3.38. The number of hydrogen-bond donors (Lipinski definition) is 0. The van der Waals surface area contributed by atoms with Crippen molar-refractivity contribution in [2.24, 2.45) is 11.3 Å². The molecule has 0 spiro atoms. The zero-order chi connectivity index (χ0) is 14.0. The van der Waals surface area contributed by atoms with Crippen molar-refractivity contribution in [3.05, 3.63) is 34.3 Å². The Morgan fingerprint density at radius 3 is 2.32 bits per heavy atom. The highest BCUT2D eigenvalue weighted by atomic mass is 79.9. The van der Waals surface area contributed by atoms with E-state index in [9.17, 15) is 4.79 Å². The van der Waals surface area contributed by atoms with Gasteiger partial charge >= 0.3 is 0 Å². The molecule has 2 nitrogen and oxygen atoms in total. The number of carbonyl (C=O) groups excluding carboxylic acids is 1. The van der Waals surface area contributed by atoms with Crippen LogP contribution in [-0.4, -0.2) is 23.9 Å². The van der Waals surface area contributed by atoms with Gasteiger partial charge in [-0.3, -0.25) is 4.79 Å². The van der Waals surface area contributed by atoms with Crippen LogP contribution in [0.25, 0.3) is 0 Å². The maximum absolute atomic E-state index is 12.5. The van der Waals surface area contributed by atoms with Crippen molar-refractivity contribution in [2.75, 3.05) is 13.1 Å². The van der Waals surface area contributed by atoms with E-state index in [1.807, 2.05) is 29.2 Å². The molecule has 104 valence electrons. The Labute approximate surface area is 124 Å². The summed E-state index contributed by atoms with van der Waals surface area (Å²) in [7, 11) is 0. The molecule has 0 N–H and O–H groups in total. The van der Waals surface area contributed by atoms with Gasteiger partial charge in [0.15, 0.2) is 0 Å². The third-order valence-corrected chi connectivity index (χ3v) is 4.80. The van der Waals surface area contributed by atoms with Crippen molar-refractivity contribution in [3.63, 3.8) is 0 Å². The van der Waals surface area contributed by atoms with Gasteiger partial charge in [0.25, 0.3) is 5.91 Å². The molecule has 1 fully saturated rings. The quantitative estimate of drug-likeness (QED) is 0.752. The van der Waals surface area contributed by atoms with Crippen LogP contribution in [0.4, 0.5) is 0 Å². The molecular formula is C16H22BrNO. The molecule has 0 unspecified atom stereocenters. The second kappa shape index (κ2) is 5.66. The summed E-state index contributed by atoms with van der Waals surface area (Å²) in [5.74, 6) is 0.871. The van der Waals surface area contributed by atoms with Crippen LogP contribution in [0.5, 0.6) is 0 Å². The van der Waals surface area contributed by atoms with E-state index >= 15 is 0 Å². The first-order valence-electron chi connectivity index (χ1n) is 6.93. The topological polar surface area (TPSA) is 20.3 Å². The molecule has 2 rings (SSSR count). The van der Waals surface area contributed by atoms with E-state index in [0.717, 1.165) is 41.9 Å². The van der Waals surface area contributed by atoms with Crippen LogP contribution in [-0.2, 0) is 0 Å². The lowest BCUT2D eigenvalue weighted by atomic mass is 9.75. The minimum Gasteiger partial charge on any atom is -0.339 e. The van der Waals surface area contributed by atoms with Gasteiger partial charge in [0.05, 0.1) is 5.56 Å². The van der Waals surface area contributed by atoms with E-state index in [1.54, 1.807) is 0 Å². The number of amides is 1. The van der Waals surface area contributed by atoms with E-state index in [0.29, 0.717) is 5.41 Å². The van der Waals surface area contributed by atoms with Crippen molar-refractivity contribution >= 4 is 21.8 Å². The minimum absolute atomic E-state index is 0.153. The molecule has 0 atom stereocenters. The number of likely N-dealkylation sites (tertiary alicyclic amines) is 1. The van der Waals surface area contributed by atoms with E-state index in [4.69, 9.17) is 0 Å². The smallest absolute Gasteiger partial charge is 0.254 e. The number of halogens is 1. The average molecular weight is 324 g/mol. The summed E-state index contributed by atoms with van der Waals surface area (Å²) in [6.45, 7) is 8.64. The predicted octanol–water partition coefficient (Wildman–Crippen LogP) is 4.35. The van der Waals surface area contributed by atoms with Crippen LogP contribution < -0.4 is 0 Å². The Balaban J connectivity index is 2.03. The van der Waals surface area contributed by atoms with Crippen LogP contribution in [0.1, 0.15) is 44.0 Å². The third-order valence-electron chi connectivity index (χ3n) is 4.11. The number of hydrogen-bond acceptors (Lipinski definition) is 1. The fourth-order valence-corrected chi connectivity index (χ4v) is 3.21. The van der Waals surface area contributed by atoms with Gasteiger partial charge in [0, 0.05) is 17.6 Å². The zero-order valence-corrected chi connectivity index (χ0v) is 13.5. The molecule has 1 heterocycles. The predicted molar refractivity (Wildman–Crippen MR) is 82.2 cm³/mol. The molecule has 0 aromatic heterocycles. The van der Waals surface area contributed by atoms with Gasteiger partial charge in [-0.1, -0.05) is 32.9 Å². The highest BCUT2D eigenvalue weighted by Gasteiger charge is 2.30. The molecule has 19 heavy (non-hydrogen) atoms. The fourth-order valence-electron chi connectivity index (χ4n) is 2.75. The molecule has 0 bridgehead atoms. The lowest BCUT2D eigenvalue weighted by Gasteiger charge is -2.38. The Bertz CT molecular complexity index is 456. The number of nitrogens with zero attached hydrogens (tertiary/aromatic N) is 1. The second-order valence-electron chi connectivity index (χ2n) is 6.41. The highest BCUT2D eigenvalue weighted by Crippen LogP contribution is 2.34. The first-order chi connectivity index (χ1) is 8.89. The fraction of sp³-hybridized carbons (Fsp3) is 0.562. The normalized spacial score (nSPS) is 17.6. The first kappa shape index (κ1) is 14.6. The van der Waals surface area contributed by atoms with Crippen molar-refractivity contribution in [1.82, 2.24) is 4.90 Å². The molecule has 1 saturated heterocycles. The summed E-state index contributed by atoms with van der Waals surface area (Å²) in [6, 6.07) is 7.67. The molecule has 0 saturated carbocycles. The van der Waals surface area contributed by atoms with Crippen molar-refractivity contribution in [1.29, 1.82) is 0 Å². The van der Waals surface area contributed by atoms with Gasteiger partial charge in [-0.2, -0.15) is 0 Å². The van der Waals surface area contributed by atoms with Gasteiger partial charge in [-0.05, 0) is 52.2 Å². The first-order valence-corrected chi connectivity index (χ1v) is 7.72. The van der Waals surface area contributed by atoms with Crippen LogP contribution in [0.2, 0.25) is 0 Å². The number of carbonyl (C=O) groups is 1. The second-order valence-corrected chi connectivity index (χ2v) is 7.27. The molecular weight excluding hydrogens is 302 g/mol. The molecule has 0 aliphatic carbocycles. The number of piperidine rings is 1. The summed E-state index contributed by atoms with van der Waals surface area (Å²) < 4.78 is 0.887. The van der Waals surface area contributed by atoms with Crippen molar-refractivity contribution in [3.8, 4) is 0 Å². The molecule has 0 radical (unpaired) electrons. The van der Waals surface area contributed by atoms with E-state index < -0.39 is 0 Å². The number of benzene rings is 1. The molecule has 1 aromatic rings. The summed E-state index contributed by atoms with van der Waals surface area (Å²) in [4.78, 5) is 14.5. The van der Waals surface area contributed by atoms with Crippen LogP contribution >= 0.6 is 15.9 Å². The summed E-state index contributed by atoms with van der Waals surface area (Å²) in [5.41, 5.74) is 1.12. The van der Waals surface area contributed by atoms with E-state index in [1.165, 1.54) is 0 Å². The van der Waals surface area contributed by atoms with Crippen molar-refractivity contribution < 1.29 is 4.79 Å². The minimum atomic E-state index is 0.153. The molecule has 3 heteroatoms. The van der Waals surface area contributed by atoms with Gasteiger partial charge < -0.3 is 4.90 Å². The van der Waals surface area contributed by atoms with E-state index in [-0.39, 0.29) is 5.91 Å². The van der Waals surface area contributed by atoms with Crippen molar-refractivity contribution in [2.45, 2.75) is 33.6 Å². The van der Waals surface area contributed by atoms with Crippen LogP contribution in [0, 0.1) is 11.3 Å². The SMILES string of the molecule is CC(C)(C)C1CCN(C(=O)c2ccccc2Br)CC1. The molecule has 1 amide bonds. The average Bonchev–Trinajstić information content (AvgIpc) is 2.38. The Morgan fingerprint density at radius 1 is 1.21 bits per heavy atom. The molecule has 1 aliphatic rings. The summed E-state index contributed by atoms with van der Waals surface area (Å²) >= 11 is 3.46. The van der Waals surface area contributed by atoms with Gasteiger partial charge in [-0.25, -0.2) is 0 Å². The van der Waals surface area contributed by atoms with Crippen LogP contribution in [0.3, 0.4) is 0 Å². The largest absolute Gasteiger partial charge is 0.339 e. The Morgan fingerprint density at radius 2 is 1.79 bits per heavy atom. The lowest BCUT2D eigenvalue weighted by Crippen LogP contribution is -2.41. The maximum Gasteiger partial charge on any atom is 0.254 e. The van der Waals surface area contributed by atoms with Gasteiger partial charge in [-0.15, -0.1) is 0 Å². The summed E-state index contributed by atoms with van der Waals surface area (Å²) in [6.07, 6.45) is 2.22. The standard InChI is InChI=1S/C16H22BrNO/c1-16(2,3)12-8-10-18(11-9-12)15(19)13-6-4-5-7-14(13)17/h4-7,12H,8-11H2,1-3H3. The Hall–Kier alpha value is -0.830. The maximum atomic E-state index is 12.5. The lowest BCUT2D eigenvalue weighted by molar-refractivity contribution is 0.0608. The molecule has 1 aliphatic heterocycles. The summed E-state index contributed by atoms with van der Waals surface area (Å²) in [5, 5.41) is 0. The van der Waals surface area contributed by atoms with Gasteiger partial charge in [0.2, 0.25) is 0 Å². The van der Waals surface area contributed by atoms with E-state index in [2.05, 4.69) is 36.7 Å². The zero-order valence-electron chi connectivity index (χ0n) is 11.9. The highest BCUT2D eigenvalue weighted by molar-refractivity contribution is 9.10. The number of rotatable bonds is 1. The Kier molecular flexibility index (Phi) is 4.34. The monoisotopic (exact) mass is 323 g/mol.